The number of hydrogen-bond donors (Lipinski definition) is 0. The minimum Gasteiger partial charge on any atom is -0.406 e. The van der Waals surface area contributed by atoms with Crippen molar-refractivity contribution < 1.29 is 17.9 Å². The molecular formula is C7H4F3O. The number of rotatable bonds is 1. The summed E-state index contributed by atoms with van der Waals surface area (Å²) < 4.78 is 38.1. The minimum atomic E-state index is -4.61. The van der Waals surface area contributed by atoms with Gasteiger partial charge in [0.1, 0.15) is 5.75 Å². The summed E-state index contributed by atoms with van der Waals surface area (Å²) in [4.78, 5) is 0. The summed E-state index contributed by atoms with van der Waals surface area (Å²) in [7, 11) is 0. The largest absolute Gasteiger partial charge is 0.573 e. The molecule has 0 aliphatic rings. The molecule has 11 heavy (non-hydrogen) atoms. The quantitative estimate of drug-likeness (QED) is 0.614. The molecule has 0 bridgehead atoms. The first-order valence-corrected chi connectivity index (χ1v) is 2.80. The summed E-state index contributed by atoms with van der Waals surface area (Å²) in [6, 6.07) is 7.64. The van der Waals surface area contributed by atoms with Gasteiger partial charge < -0.3 is 4.74 Å². The standard InChI is InChI=1S/C7H4F3O/c8-7(9,10)11-6-4-2-1-3-5-6/h2-5H. The lowest BCUT2D eigenvalue weighted by molar-refractivity contribution is -0.274. The van der Waals surface area contributed by atoms with Gasteiger partial charge in [0.2, 0.25) is 0 Å². The van der Waals surface area contributed by atoms with Crippen molar-refractivity contribution in [1.82, 2.24) is 0 Å². The van der Waals surface area contributed by atoms with E-state index in [-0.39, 0.29) is 5.75 Å². The van der Waals surface area contributed by atoms with Crippen LogP contribution in [-0.4, -0.2) is 6.36 Å². The second-order valence-electron chi connectivity index (χ2n) is 1.78. The molecule has 0 atom stereocenters. The predicted octanol–water partition coefficient (Wildman–Crippen LogP) is 2.39. The van der Waals surface area contributed by atoms with E-state index in [1.54, 1.807) is 0 Å². The van der Waals surface area contributed by atoms with Crippen LogP contribution in [0.4, 0.5) is 13.2 Å². The van der Waals surface area contributed by atoms with Gasteiger partial charge in [-0.1, -0.05) is 12.1 Å². The van der Waals surface area contributed by atoms with Gasteiger partial charge >= 0.3 is 6.36 Å². The maximum atomic E-state index is 11.5. The maximum Gasteiger partial charge on any atom is 0.573 e. The fourth-order valence-electron chi connectivity index (χ4n) is 0.573. The van der Waals surface area contributed by atoms with Crippen molar-refractivity contribution in [3.63, 3.8) is 0 Å². The molecule has 0 aliphatic heterocycles. The van der Waals surface area contributed by atoms with Crippen molar-refractivity contribution in [2.24, 2.45) is 0 Å². The molecule has 0 unspecified atom stereocenters. The van der Waals surface area contributed by atoms with Gasteiger partial charge in [0.05, 0.1) is 0 Å². The van der Waals surface area contributed by atoms with E-state index in [0.717, 1.165) is 0 Å². The Morgan fingerprint density at radius 3 is 2.18 bits per heavy atom. The van der Waals surface area contributed by atoms with Crippen LogP contribution in [0.2, 0.25) is 0 Å². The molecule has 0 N–H and O–H groups in total. The highest BCUT2D eigenvalue weighted by Gasteiger charge is 2.30. The minimum absolute atomic E-state index is 0.226. The maximum absolute atomic E-state index is 11.5. The molecule has 0 heterocycles. The summed E-state index contributed by atoms with van der Waals surface area (Å²) in [6.45, 7) is 0. The summed E-state index contributed by atoms with van der Waals surface area (Å²) in [5.41, 5.74) is 0. The second kappa shape index (κ2) is 2.82. The van der Waals surface area contributed by atoms with Crippen LogP contribution in [0.3, 0.4) is 0 Å². The average Bonchev–Trinajstić information content (AvgIpc) is 1.85. The van der Waals surface area contributed by atoms with E-state index < -0.39 is 6.36 Å². The van der Waals surface area contributed by atoms with E-state index in [9.17, 15) is 13.2 Å². The van der Waals surface area contributed by atoms with Crippen molar-refractivity contribution >= 4 is 0 Å². The van der Waals surface area contributed by atoms with Gasteiger partial charge in [-0.15, -0.1) is 13.2 Å². The lowest BCUT2D eigenvalue weighted by Gasteiger charge is -2.07. The molecular weight excluding hydrogens is 157 g/mol. The Morgan fingerprint density at radius 1 is 1.18 bits per heavy atom. The highest BCUT2D eigenvalue weighted by molar-refractivity contribution is 5.20. The van der Waals surface area contributed by atoms with E-state index in [1.807, 2.05) is 0 Å². The SMILES string of the molecule is FC(F)(F)Oc1cc[c]cc1. The molecule has 0 aliphatic carbocycles. The van der Waals surface area contributed by atoms with Crippen LogP contribution in [0.5, 0.6) is 5.75 Å². The molecule has 1 aromatic rings. The van der Waals surface area contributed by atoms with Crippen molar-refractivity contribution in [3.05, 3.63) is 30.3 Å². The molecule has 0 aromatic heterocycles. The Morgan fingerprint density at radius 2 is 1.73 bits per heavy atom. The van der Waals surface area contributed by atoms with Crippen LogP contribution in [0, 0.1) is 6.07 Å². The van der Waals surface area contributed by atoms with Crippen molar-refractivity contribution in [2.45, 2.75) is 6.36 Å². The molecule has 0 saturated carbocycles. The van der Waals surface area contributed by atoms with Crippen molar-refractivity contribution in [1.29, 1.82) is 0 Å². The van der Waals surface area contributed by atoms with Crippen LogP contribution in [0.25, 0.3) is 0 Å². The number of halogens is 3. The van der Waals surface area contributed by atoms with Gasteiger partial charge in [-0.2, -0.15) is 0 Å². The molecule has 1 nitrogen and oxygen atoms in total. The normalized spacial score (nSPS) is 11.2. The Hall–Kier alpha value is -1.19. The zero-order valence-electron chi connectivity index (χ0n) is 5.35. The highest BCUT2D eigenvalue weighted by atomic mass is 19.4. The number of ether oxygens (including phenoxy) is 1. The van der Waals surface area contributed by atoms with Crippen LogP contribution >= 0.6 is 0 Å². The van der Waals surface area contributed by atoms with Gasteiger partial charge in [-0.05, 0) is 18.2 Å². The third-order valence-corrected chi connectivity index (χ3v) is 0.921. The zero-order chi connectivity index (χ0) is 8.32. The fraction of sp³-hybridized carbons (Fsp3) is 0.143. The summed E-state index contributed by atoms with van der Waals surface area (Å²) >= 11 is 0. The smallest absolute Gasteiger partial charge is 0.406 e. The second-order valence-corrected chi connectivity index (χ2v) is 1.78. The molecule has 0 amide bonds. The summed E-state index contributed by atoms with van der Waals surface area (Å²) in [5, 5.41) is 0. The molecule has 0 spiro atoms. The third kappa shape index (κ3) is 2.93. The first kappa shape index (κ1) is 7.91. The number of benzene rings is 1. The number of hydrogen-bond acceptors (Lipinski definition) is 1. The van der Waals surface area contributed by atoms with E-state index in [2.05, 4.69) is 10.8 Å². The van der Waals surface area contributed by atoms with E-state index in [1.165, 1.54) is 24.3 Å². The lowest BCUT2D eigenvalue weighted by atomic mass is 10.3. The van der Waals surface area contributed by atoms with E-state index in [0.29, 0.717) is 0 Å². The molecule has 59 valence electrons. The van der Waals surface area contributed by atoms with Gasteiger partial charge in [-0.25, -0.2) is 0 Å². The molecule has 0 fully saturated rings. The topological polar surface area (TPSA) is 9.23 Å². The lowest BCUT2D eigenvalue weighted by Crippen LogP contribution is -2.16. The molecule has 0 saturated heterocycles. The first-order chi connectivity index (χ1) is 5.08. The van der Waals surface area contributed by atoms with E-state index in [4.69, 9.17) is 0 Å². The van der Waals surface area contributed by atoms with Crippen LogP contribution in [0.15, 0.2) is 24.3 Å². The Bertz CT molecular complexity index is 217. The monoisotopic (exact) mass is 161 g/mol. The summed E-state index contributed by atoms with van der Waals surface area (Å²) in [5.74, 6) is -0.226. The molecule has 1 aromatic carbocycles. The molecule has 4 heteroatoms. The third-order valence-electron chi connectivity index (χ3n) is 0.921. The summed E-state index contributed by atoms with van der Waals surface area (Å²) in [6.07, 6.45) is -4.61. The van der Waals surface area contributed by atoms with Crippen LogP contribution < -0.4 is 4.74 Å². The molecule has 1 radical (unpaired) electrons. The van der Waals surface area contributed by atoms with Gasteiger partial charge in [0, 0.05) is 0 Å². The van der Waals surface area contributed by atoms with Crippen molar-refractivity contribution in [2.75, 3.05) is 0 Å². The Kier molecular flexibility index (Phi) is 2.03. The Balaban J connectivity index is 2.66. The molecule has 1 rings (SSSR count). The van der Waals surface area contributed by atoms with Crippen LogP contribution in [-0.2, 0) is 0 Å². The number of alkyl halides is 3. The van der Waals surface area contributed by atoms with Gasteiger partial charge in [0.25, 0.3) is 0 Å². The van der Waals surface area contributed by atoms with Gasteiger partial charge in [-0.3, -0.25) is 0 Å². The zero-order valence-corrected chi connectivity index (χ0v) is 5.35. The average molecular weight is 161 g/mol. The highest BCUT2D eigenvalue weighted by Crippen LogP contribution is 2.21. The van der Waals surface area contributed by atoms with E-state index >= 15 is 0 Å². The van der Waals surface area contributed by atoms with Crippen LogP contribution in [0.1, 0.15) is 0 Å². The predicted molar refractivity (Wildman–Crippen MR) is 32.0 cm³/mol. The van der Waals surface area contributed by atoms with Gasteiger partial charge in [0.15, 0.2) is 0 Å². The van der Waals surface area contributed by atoms with Crippen molar-refractivity contribution in [3.8, 4) is 5.75 Å². The first-order valence-electron chi connectivity index (χ1n) is 2.80. The fourth-order valence-corrected chi connectivity index (χ4v) is 0.573. The Labute approximate surface area is 61.4 Å².